The number of nitrogens with zero attached hydrogens (tertiary/aromatic N) is 4. The number of carbonyl (C=O) groups is 1. The molecule has 2 aliphatic heterocycles. The summed E-state index contributed by atoms with van der Waals surface area (Å²) in [4.78, 5) is 21.7. The Kier molecular flexibility index (Phi) is 5.23. The van der Waals surface area contributed by atoms with Crippen LogP contribution in [0.5, 0.6) is 11.5 Å². The van der Waals surface area contributed by atoms with E-state index in [1.54, 1.807) is 0 Å². The van der Waals surface area contributed by atoms with Crippen LogP contribution in [-0.2, 0) is 17.8 Å². The first-order chi connectivity index (χ1) is 14.6. The van der Waals surface area contributed by atoms with Gasteiger partial charge in [-0.15, -0.1) is 0 Å². The number of hydrogen-bond donors (Lipinski definition) is 0. The highest BCUT2D eigenvalue weighted by atomic mass is 35.5. The highest BCUT2D eigenvalue weighted by Crippen LogP contribution is 2.31. The highest BCUT2D eigenvalue weighted by molar-refractivity contribution is 6.30. The van der Waals surface area contributed by atoms with Crippen LogP contribution in [0.25, 0.3) is 5.65 Å². The summed E-state index contributed by atoms with van der Waals surface area (Å²) >= 11 is 6.05. The minimum absolute atomic E-state index is 0.147. The van der Waals surface area contributed by atoms with Crippen LogP contribution in [0.3, 0.4) is 0 Å². The highest BCUT2D eigenvalue weighted by Gasteiger charge is 2.22. The largest absolute Gasteiger partial charge is 0.486 e. The molecule has 2 aliphatic rings. The number of halogens is 1. The number of benzene rings is 1. The van der Waals surface area contributed by atoms with Gasteiger partial charge in [0.25, 0.3) is 0 Å². The zero-order valence-corrected chi connectivity index (χ0v) is 17.3. The maximum atomic E-state index is 12.8. The van der Waals surface area contributed by atoms with Crippen molar-refractivity contribution in [2.24, 2.45) is 0 Å². The topological polar surface area (TPSA) is 59.3 Å². The number of amides is 1. The quantitative estimate of drug-likeness (QED) is 0.642. The number of rotatable bonds is 4. The number of imidazole rings is 1. The van der Waals surface area contributed by atoms with E-state index in [1.165, 1.54) is 0 Å². The molecule has 1 saturated heterocycles. The van der Waals surface area contributed by atoms with E-state index < -0.39 is 0 Å². The first kappa shape index (κ1) is 19.2. The van der Waals surface area contributed by atoms with Gasteiger partial charge in [-0.3, -0.25) is 9.69 Å². The molecule has 0 atom stereocenters. The van der Waals surface area contributed by atoms with Gasteiger partial charge >= 0.3 is 0 Å². The van der Waals surface area contributed by atoms with Crippen molar-refractivity contribution in [2.75, 3.05) is 39.4 Å². The standard InChI is InChI=1S/C22H23ClN4O3/c23-17-2-4-21-24-18(15-27(21)13-17)14-25-5-7-26(8-6-25)22(28)12-16-1-3-19-20(11-16)30-10-9-29-19/h1-4,11,13,15H,5-10,12,14H2. The van der Waals surface area contributed by atoms with Crippen molar-refractivity contribution in [3.05, 3.63) is 59.0 Å². The van der Waals surface area contributed by atoms with Gasteiger partial charge in [0.05, 0.1) is 17.1 Å². The van der Waals surface area contributed by atoms with E-state index >= 15 is 0 Å². The Morgan fingerprint density at radius 1 is 1.00 bits per heavy atom. The maximum Gasteiger partial charge on any atom is 0.227 e. The zero-order valence-electron chi connectivity index (χ0n) is 16.6. The lowest BCUT2D eigenvalue weighted by atomic mass is 10.1. The molecule has 7 nitrogen and oxygen atoms in total. The molecule has 0 aliphatic carbocycles. The van der Waals surface area contributed by atoms with E-state index in [-0.39, 0.29) is 5.91 Å². The third-order valence-corrected chi connectivity index (χ3v) is 5.76. The first-order valence-electron chi connectivity index (χ1n) is 10.2. The van der Waals surface area contributed by atoms with Crippen molar-refractivity contribution in [2.45, 2.75) is 13.0 Å². The molecule has 0 unspecified atom stereocenters. The van der Waals surface area contributed by atoms with Gasteiger partial charge in [0.2, 0.25) is 5.91 Å². The Hall–Kier alpha value is -2.77. The van der Waals surface area contributed by atoms with Gasteiger partial charge in [-0.1, -0.05) is 17.7 Å². The number of piperazine rings is 1. The van der Waals surface area contributed by atoms with Crippen LogP contribution in [0.1, 0.15) is 11.3 Å². The summed E-state index contributed by atoms with van der Waals surface area (Å²) in [5, 5.41) is 0.691. The second kappa shape index (κ2) is 8.16. The predicted octanol–water partition coefficient (Wildman–Crippen LogP) is 2.65. The van der Waals surface area contributed by atoms with Gasteiger partial charge in [-0.05, 0) is 29.8 Å². The van der Waals surface area contributed by atoms with Gasteiger partial charge in [-0.2, -0.15) is 0 Å². The number of carbonyl (C=O) groups excluding carboxylic acids is 1. The Morgan fingerprint density at radius 2 is 1.80 bits per heavy atom. The van der Waals surface area contributed by atoms with Crippen molar-refractivity contribution in [3.63, 3.8) is 0 Å². The number of hydrogen-bond acceptors (Lipinski definition) is 5. The molecule has 1 fully saturated rings. The number of pyridine rings is 1. The fourth-order valence-electron chi connectivity index (χ4n) is 3.96. The minimum atomic E-state index is 0.147. The second-order valence-corrected chi connectivity index (χ2v) is 8.09. The smallest absolute Gasteiger partial charge is 0.227 e. The maximum absolute atomic E-state index is 12.8. The predicted molar refractivity (Wildman–Crippen MR) is 113 cm³/mol. The van der Waals surface area contributed by atoms with Crippen molar-refractivity contribution in [1.29, 1.82) is 0 Å². The molecule has 1 aromatic carbocycles. The molecule has 156 valence electrons. The Morgan fingerprint density at radius 3 is 2.63 bits per heavy atom. The van der Waals surface area contributed by atoms with Crippen LogP contribution in [0.15, 0.2) is 42.7 Å². The summed E-state index contributed by atoms with van der Waals surface area (Å²) in [6.45, 7) is 5.00. The lowest BCUT2D eigenvalue weighted by Crippen LogP contribution is -2.48. The molecule has 3 aromatic rings. The molecule has 0 N–H and O–H groups in total. The Bertz CT molecular complexity index is 1080. The van der Waals surface area contributed by atoms with Gasteiger partial charge < -0.3 is 18.8 Å². The molecule has 4 heterocycles. The van der Waals surface area contributed by atoms with Crippen molar-refractivity contribution < 1.29 is 14.3 Å². The molecule has 5 rings (SSSR count). The zero-order chi connectivity index (χ0) is 20.5. The number of fused-ring (bicyclic) bond motifs is 2. The molecule has 0 saturated carbocycles. The summed E-state index contributed by atoms with van der Waals surface area (Å²) in [6.07, 6.45) is 4.26. The Balaban J connectivity index is 1.15. The molecule has 0 bridgehead atoms. The van der Waals surface area contributed by atoms with E-state index in [0.29, 0.717) is 24.7 Å². The van der Waals surface area contributed by atoms with E-state index in [4.69, 9.17) is 21.1 Å². The van der Waals surface area contributed by atoms with Crippen LogP contribution in [0.2, 0.25) is 5.02 Å². The second-order valence-electron chi connectivity index (χ2n) is 7.66. The average Bonchev–Trinajstić information content (AvgIpc) is 3.15. The number of aromatic nitrogens is 2. The summed E-state index contributed by atoms with van der Waals surface area (Å²) in [5.74, 6) is 1.62. The van der Waals surface area contributed by atoms with Crippen molar-refractivity contribution in [3.8, 4) is 11.5 Å². The van der Waals surface area contributed by atoms with Crippen molar-refractivity contribution in [1.82, 2.24) is 19.2 Å². The molecule has 30 heavy (non-hydrogen) atoms. The minimum Gasteiger partial charge on any atom is -0.486 e. The van der Waals surface area contributed by atoms with Gasteiger partial charge in [0.15, 0.2) is 11.5 Å². The fraction of sp³-hybridized carbons (Fsp3) is 0.364. The Labute approximate surface area is 179 Å². The normalized spacial score (nSPS) is 16.8. The molecule has 0 spiro atoms. The van der Waals surface area contributed by atoms with Gasteiger partial charge in [0, 0.05) is 45.1 Å². The van der Waals surface area contributed by atoms with Crippen LogP contribution < -0.4 is 9.47 Å². The van der Waals surface area contributed by atoms with E-state index in [2.05, 4.69) is 9.88 Å². The molecule has 8 heteroatoms. The number of ether oxygens (including phenoxy) is 2. The van der Waals surface area contributed by atoms with Crippen LogP contribution >= 0.6 is 11.6 Å². The lowest BCUT2D eigenvalue weighted by Gasteiger charge is -2.34. The summed E-state index contributed by atoms with van der Waals surface area (Å²) in [5.41, 5.74) is 2.85. The van der Waals surface area contributed by atoms with Gasteiger partial charge in [0.1, 0.15) is 18.9 Å². The summed E-state index contributed by atoms with van der Waals surface area (Å²) in [6, 6.07) is 9.51. The molecular weight excluding hydrogens is 404 g/mol. The van der Waals surface area contributed by atoms with Crippen LogP contribution in [-0.4, -0.2) is 64.5 Å². The SMILES string of the molecule is O=C(Cc1ccc2c(c1)OCCO2)N1CCN(Cc2cn3cc(Cl)ccc3n2)CC1. The molecule has 1 amide bonds. The van der Waals surface area contributed by atoms with E-state index in [0.717, 1.165) is 61.1 Å². The summed E-state index contributed by atoms with van der Waals surface area (Å²) in [7, 11) is 0. The van der Waals surface area contributed by atoms with E-state index in [1.807, 2.05) is 52.0 Å². The molecular formula is C22H23ClN4O3. The monoisotopic (exact) mass is 426 g/mol. The average molecular weight is 427 g/mol. The lowest BCUT2D eigenvalue weighted by molar-refractivity contribution is -0.132. The third-order valence-electron chi connectivity index (χ3n) is 5.54. The van der Waals surface area contributed by atoms with Crippen LogP contribution in [0, 0.1) is 0 Å². The molecule has 0 radical (unpaired) electrons. The summed E-state index contributed by atoms with van der Waals surface area (Å²) < 4.78 is 13.1. The van der Waals surface area contributed by atoms with Crippen molar-refractivity contribution >= 4 is 23.2 Å². The van der Waals surface area contributed by atoms with E-state index in [9.17, 15) is 4.79 Å². The first-order valence-corrected chi connectivity index (χ1v) is 10.5. The van der Waals surface area contributed by atoms with Gasteiger partial charge in [-0.25, -0.2) is 4.98 Å². The third kappa shape index (κ3) is 4.08. The fourth-order valence-corrected chi connectivity index (χ4v) is 4.13. The molecule has 2 aromatic heterocycles. The van der Waals surface area contributed by atoms with Crippen LogP contribution in [0.4, 0.5) is 0 Å².